The Bertz CT molecular complexity index is 119. The number of hydrogen-bond donors (Lipinski definition) is 0. The maximum atomic E-state index is 5.36. The predicted molar refractivity (Wildman–Crippen MR) is 47.4 cm³/mol. The quantitative estimate of drug-likeness (QED) is 0.448. The molecule has 0 heterocycles. The van der Waals surface area contributed by atoms with Gasteiger partial charge in [0.15, 0.2) is 0 Å². The highest BCUT2D eigenvalue weighted by atomic mass is 16.5. The van der Waals surface area contributed by atoms with Crippen LogP contribution < -0.4 is 0 Å². The summed E-state index contributed by atoms with van der Waals surface area (Å²) in [5.41, 5.74) is 1.52. The number of ether oxygens (including phenoxy) is 1. The van der Waals surface area contributed by atoms with Crippen molar-refractivity contribution in [3.8, 4) is 0 Å². The highest BCUT2D eigenvalue weighted by Gasteiger charge is 2.04. The van der Waals surface area contributed by atoms with Gasteiger partial charge in [0, 0.05) is 0 Å². The summed E-state index contributed by atoms with van der Waals surface area (Å²) >= 11 is 0. The standard InChI is InChI=1S/C10H18O/c1-2-8-11-9-10-6-4-3-5-7-10/h9H,2-8H2,1H3. The Balaban J connectivity index is 2.15. The van der Waals surface area contributed by atoms with Crippen LogP contribution in [0.1, 0.15) is 45.4 Å². The van der Waals surface area contributed by atoms with Gasteiger partial charge >= 0.3 is 0 Å². The highest BCUT2D eigenvalue weighted by molar-refractivity contribution is 5.00. The molecule has 0 spiro atoms. The van der Waals surface area contributed by atoms with Crippen molar-refractivity contribution in [2.45, 2.75) is 45.4 Å². The minimum atomic E-state index is 0.878. The van der Waals surface area contributed by atoms with Crippen LogP contribution >= 0.6 is 0 Å². The van der Waals surface area contributed by atoms with E-state index in [0.717, 1.165) is 13.0 Å². The summed E-state index contributed by atoms with van der Waals surface area (Å²) in [4.78, 5) is 0. The molecular weight excluding hydrogens is 136 g/mol. The second-order valence-corrected chi connectivity index (χ2v) is 3.21. The molecule has 1 heteroatoms. The molecule has 1 fully saturated rings. The summed E-state index contributed by atoms with van der Waals surface area (Å²) in [5.74, 6) is 0. The molecule has 0 aliphatic heterocycles. The molecule has 1 aliphatic carbocycles. The van der Waals surface area contributed by atoms with Gasteiger partial charge < -0.3 is 4.74 Å². The average Bonchev–Trinajstić information content (AvgIpc) is 2.07. The number of hydrogen-bond acceptors (Lipinski definition) is 1. The van der Waals surface area contributed by atoms with Crippen LogP contribution in [0.4, 0.5) is 0 Å². The van der Waals surface area contributed by atoms with Crippen molar-refractivity contribution in [2.75, 3.05) is 6.61 Å². The zero-order chi connectivity index (χ0) is 7.94. The van der Waals surface area contributed by atoms with E-state index < -0.39 is 0 Å². The molecule has 0 saturated heterocycles. The van der Waals surface area contributed by atoms with E-state index in [1.165, 1.54) is 37.7 Å². The molecule has 0 aromatic rings. The molecule has 0 bridgehead atoms. The maximum Gasteiger partial charge on any atom is 0.0870 e. The summed E-state index contributed by atoms with van der Waals surface area (Å²) in [6.07, 6.45) is 9.77. The van der Waals surface area contributed by atoms with E-state index in [1.54, 1.807) is 0 Å². The van der Waals surface area contributed by atoms with Crippen molar-refractivity contribution < 1.29 is 4.74 Å². The molecule has 11 heavy (non-hydrogen) atoms. The molecule has 0 aromatic heterocycles. The first kappa shape index (κ1) is 8.63. The fourth-order valence-electron chi connectivity index (χ4n) is 1.42. The van der Waals surface area contributed by atoms with Crippen molar-refractivity contribution in [2.24, 2.45) is 0 Å². The van der Waals surface area contributed by atoms with Crippen LogP contribution in [0.3, 0.4) is 0 Å². The maximum absolute atomic E-state index is 5.36. The van der Waals surface area contributed by atoms with E-state index in [4.69, 9.17) is 4.74 Å². The first-order chi connectivity index (χ1) is 5.43. The van der Waals surface area contributed by atoms with Gasteiger partial charge in [0.05, 0.1) is 12.9 Å². The Hall–Kier alpha value is -0.460. The second-order valence-electron chi connectivity index (χ2n) is 3.21. The molecule has 1 saturated carbocycles. The van der Waals surface area contributed by atoms with E-state index in [2.05, 4.69) is 6.92 Å². The van der Waals surface area contributed by atoms with Crippen molar-refractivity contribution in [1.82, 2.24) is 0 Å². The minimum absolute atomic E-state index is 0.878. The molecule has 1 rings (SSSR count). The van der Waals surface area contributed by atoms with Crippen LogP contribution in [-0.2, 0) is 4.74 Å². The Kier molecular flexibility index (Phi) is 4.10. The molecule has 1 aliphatic rings. The minimum Gasteiger partial charge on any atom is -0.501 e. The lowest BCUT2D eigenvalue weighted by molar-refractivity contribution is 0.244. The monoisotopic (exact) mass is 154 g/mol. The van der Waals surface area contributed by atoms with E-state index in [9.17, 15) is 0 Å². The van der Waals surface area contributed by atoms with Crippen LogP contribution in [0.2, 0.25) is 0 Å². The largest absolute Gasteiger partial charge is 0.501 e. The SMILES string of the molecule is CCCOC=C1CCCCC1. The van der Waals surface area contributed by atoms with E-state index in [0.29, 0.717) is 0 Å². The molecule has 1 nitrogen and oxygen atoms in total. The molecular formula is C10H18O. The van der Waals surface area contributed by atoms with Gasteiger partial charge in [0.1, 0.15) is 0 Å². The molecule has 0 atom stereocenters. The van der Waals surface area contributed by atoms with Crippen molar-refractivity contribution in [3.63, 3.8) is 0 Å². The number of rotatable bonds is 3. The molecule has 0 aromatic carbocycles. The van der Waals surface area contributed by atoms with Crippen LogP contribution in [0.25, 0.3) is 0 Å². The van der Waals surface area contributed by atoms with Gasteiger partial charge in [0.25, 0.3) is 0 Å². The van der Waals surface area contributed by atoms with Gasteiger partial charge in [-0.05, 0) is 37.7 Å². The normalized spacial score (nSPS) is 18.1. The lowest BCUT2D eigenvalue weighted by atomic mass is 9.96. The van der Waals surface area contributed by atoms with Crippen molar-refractivity contribution in [3.05, 3.63) is 11.8 Å². The van der Waals surface area contributed by atoms with Gasteiger partial charge in [-0.3, -0.25) is 0 Å². The van der Waals surface area contributed by atoms with Gasteiger partial charge in [-0.15, -0.1) is 0 Å². The fraction of sp³-hybridized carbons (Fsp3) is 0.800. The predicted octanol–water partition coefficient (Wildman–Crippen LogP) is 3.26. The smallest absolute Gasteiger partial charge is 0.0870 e. The average molecular weight is 154 g/mol. The molecule has 0 amide bonds. The molecule has 64 valence electrons. The summed E-state index contributed by atoms with van der Waals surface area (Å²) < 4.78 is 5.36. The molecule has 0 N–H and O–H groups in total. The fourth-order valence-corrected chi connectivity index (χ4v) is 1.42. The topological polar surface area (TPSA) is 9.23 Å². The van der Waals surface area contributed by atoms with E-state index in [1.807, 2.05) is 6.26 Å². The summed E-state index contributed by atoms with van der Waals surface area (Å²) in [7, 11) is 0. The van der Waals surface area contributed by atoms with E-state index >= 15 is 0 Å². The lowest BCUT2D eigenvalue weighted by Gasteiger charge is -2.12. The van der Waals surface area contributed by atoms with Crippen LogP contribution in [0.5, 0.6) is 0 Å². The van der Waals surface area contributed by atoms with Gasteiger partial charge in [0.2, 0.25) is 0 Å². The number of allylic oxidation sites excluding steroid dienone is 1. The molecule has 0 radical (unpaired) electrons. The summed E-state index contributed by atoms with van der Waals surface area (Å²) in [6.45, 7) is 3.02. The second kappa shape index (κ2) is 5.22. The zero-order valence-electron chi connectivity index (χ0n) is 7.44. The third-order valence-electron chi connectivity index (χ3n) is 2.07. The van der Waals surface area contributed by atoms with Crippen molar-refractivity contribution >= 4 is 0 Å². The highest BCUT2D eigenvalue weighted by Crippen LogP contribution is 2.22. The first-order valence-electron chi connectivity index (χ1n) is 4.73. The Morgan fingerprint density at radius 2 is 2.00 bits per heavy atom. The van der Waals surface area contributed by atoms with E-state index in [-0.39, 0.29) is 0 Å². The van der Waals surface area contributed by atoms with Gasteiger partial charge in [-0.25, -0.2) is 0 Å². The molecule has 0 unspecified atom stereocenters. The Labute approximate surface area is 69.4 Å². The Morgan fingerprint density at radius 1 is 1.27 bits per heavy atom. The van der Waals surface area contributed by atoms with Crippen LogP contribution in [0.15, 0.2) is 11.8 Å². The van der Waals surface area contributed by atoms with Gasteiger partial charge in [-0.1, -0.05) is 13.3 Å². The lowest BCUT2D eigenvalue weighted by Crippen LogP contribution is -1.95. The third kappa shape index (κ3) is 3.45. The van der Waals surface area contributed by atoms with Crippen LogP contribution in [-0.4, -0.2) is 6.61 Å². The Morgan fingerprint density at radius 3 is 2.64 bits per heavy atom. The first-order valence-corrected chi connectivity index (χ1v) is 4.73. The van der Waals surface area contributed by atoms with Gasteiger partial charge in [-0.2, -0.15) is 0 Å². The summed E-state index contributed by atoms with van der Waals surface area (Å²) in [6, 6.07) is 0. The van der Waals surface area contributed by atoms with Crippen molar-refractivity contribution in [1.29, 1.82) is 0 Å². The zero-order valence-corrected chi connectivity index (χ0v) is 7.44. The third-order valence-corrected chi connectivity index (χ3v) is 2.07. The van der Waals surface area contributed by atoms with Crippen LogP contribution in [0, 0.1) is 0 Å². The summed E-state index contributed by atoms with van der Waals surface area (Å²) in [5, 5.41) is 0.